The third-order valence-electron chi connectivity index (χ3n) is 6.13. The van der Waals surface area contributed by atoms with Gasteiger partial charge in [-0.3, -0.25) is 0 Å². The van der Waals surface area contributed by atoms with E-state index in [9.17, 15) is 10.2 Å². The molecule has 0 aromatic carbocycles. The van der Waals surface area contributed by atoms with Gasteiger partial charge in [0.2, 0.25) is 11.8 Å². The molecule has 0 aliphatic heterocycles. The molecule has 0 saturated heterocycles. The monoisotopic (exact) mass is 848 g/mol. The minimum atomic E-state index is -0.171. The molecule has 4 aromatic rings. The normalized spacial score (nSPS) is 9.36. The number of hydrogen-bond donors (Lipinski definition) is 2. The maximum absolute atomic E-state index is 9.28. The Balaban J connectivity index is -0.000000331. The van der Waals surface area contributed by atoms with Gasteiger partial charge >= 0.3 is 0 Å². The number of methoxy groups -OCH3 is 2. The number of aliphatic hydroxyl groups is 2. The van der Waals surface area contributed by atoms with Gasteiger partial charge in [-0.05, 0) is 68.2 Å². The van der Waals surface area contributed by atoms with Crippen LogP contribution in [0.3, 0.4) is 0 Å². The number of pyridine rings is 2. The van der Waals surface area contributed by atoms with Crippen LogP contribution in [0.1, 0.15) is 36.5 Å². The van der Waals surface area contributed by atoms with Crippen molar-refractivity contribution >= 4 is 66.3 Å². The largest absolute Gasteiger partial charge is 0.481 e. The first-order valence-electron chi connectivity index (χ1n) is 11.8. The molecule has 4 heterocycles. The number of aryl methyl sites for hydroxylation is 5. The molecule has 0 aliphatic carbocycles. The Labute approximate surface area is 456 Å². The second kappa shape index (κ2) is 27.6. The van der Waals surface area contributed by atoms with Crippen LogP contribution in [0, 0.1) is 261 Å². The van der Waals surface area contributed by atoms with Gasteiger partial charge in [0.15, 0.2) is 0 Å². The average molecular weight is 848 g/mol. The van der Waals surface area contributed by atoms with Gasteiger partial charge in [0.25, 0.3) is 0 Å². The Morgan fingerprint density at radius 2 is 0.955 bits per heavy atom. The van der Waals surface area contributed by atoms with Gasteiger partial charge in [-0.1, -0.05) is 0 Å². The topological polar surface area (TPSA) is 84.7 Å². The van der Waals surface area contributed by atoms with Crippen LogP contribution in [0.4, 0.5) is 0 Å². The van der Waals surface area contributed by atoms with Crippen LogP contribution in [-0.4, -0.2) is 34.4 Å². The molecule has 0 fully saturated rings. The van der Waals surface area contributed by atoms with E-state index < -0.39 is 0 Å². The van der Waals surface area contributed by atoms with Crippen molar-refractivity contribution in [1.82, 2.24) is 9.97 Å². The summed E-state index contributed by atoms with van der Waals surface area (Å²) in [6.07, 6.45) is 0. The summed E-state index contributed by atoms with van der Waals surface area (Å²) in [6, 6.07) is 3.56. The number of ether oxygens (including phenoxy) is 2. The van der Waals surface area contributed by atoms with Crippen molar-refractivity contribution in [1.29, 1.82) is 0 Å². The summed E-state index contributed by atoms with van der Waals surface area (Å²) in [5.74, 6) is 0.779. The van der Waals surface area contributed by atoms with E-state index in [0.29, 0.717) is 23.1 Å². The molecule has 0 aliphatic rings. The third kappa shape index (κ3) is 14.4. The van der Waals surface area contributed by atoms with Gasteiger partial charge in [-0.25, -0.2) is 9.97 Å². The molecule has 0 spiro atoms. The molecule has 252 valence electrons. The van der Waals surface area contributed by atoms with Crippen LogP contribution in [0.2, 0.25) is 0 Å². The van der Waals surface area contributed by atoms with E-state index in [4.69, 9.17) is 9.47 Å². The van der Waals surface area contributed by atoms with Crippen LogP contribution in [-0.2, 0) is 13.2 Å². The van der Waals surface area contributed by atoms with Gasteiger partial charge in [0.1, 0.15) is 0 Å². The summed E-state index contributed by atoms with van der Waals surface area (Å²) in [5, 5.41) is 22.1. The first-order chi connectivity index (χ1) is 18.0. The Bertz CT molecular complexity index is 1380. The number of aromatic nitrogens is 2. The van der Waals surface area contributed by atoms with Crippen molar-refractivity contribution in [3.05, 3.63) is 48.6 Å². The fourth-order valence-corrected chi connectivity index (χ4v) is 8.06. The second-order valence-electron chi connectivity index (χ2n) is 8.72. The molecule has 0 saturated carbocycles. The zero-order valence-corrected chi connectivity index (χ0v) is 34.2. The summed E-state index contributed by atoms with van der Waals surface area (Å²) in [7, 11) is 11.5. The van der Waals surface area contributed by atoms with Gasteiger partial charge < -0.3 is 19.7 Å². The predicted molar refractivity (Wildman–Crippen MR) is 172 cm³/mol. The van der Waals surface area contributed by atoms with Crippen LogP contribution in [0.25, 0.3) is 22.3 Å². The fraction of sp³-hybridized carbons (Fsp3) is 0.333. The Kier molecular flexibility index (Phi) is 35.7. The molecule has 0 radical (unpaired) electrons. The second-order valence-corrected chi connectivity index (χ2v) is 13.4. The van der Waals surface area contributed by atoms with Crippen molar-refractivity contribution in [2.24, 2.45) is 0 Å². The molecular weight excluding hydrogens is 813 g/mol. The zero-order chi connectivity index (χ0) is 28.3. The summed E-state index contributed by atoms with van der Waals surface area (Å²) in [4.78, 5) is 14.2. The maximum atomic E-state index is 9.28. The van der Waals surface area contributed by atoms with Crippen molar-refractivity contribution in [3.63, 3.8) is 0 Å². The molecular formula is C27H35Ar6N2O4P3S2. The molecule has 3 unspecified atom stereocenters. The Morgan fingerprint density at radius 1 is 0.591 bits per heavy atom. The number of nitrogens with zero attached hydrogens (tertiary/aromatic N) is 2. The van der Waals surface area contributed by atoms with Crippen LogP contribution < -0.4 is 25.4 Å². The first kappa shape index (κ1) is 56.8. The average Bonchev–Trinajstić information content (AvgIpc) is 3.29. The Hall–Kier alpha value is 6.07. The summed E-state index contributed by atoms with van der Waals surface area (Å²) >= 11 is 3.78. The number of hydrogen-bond acceptors (Lipinski definition) is 8. The van der Waals surface area contributed by atoms with Crippen LogP contribution in [0.15, 0.2) is 12.1 Å². The summed E-state index contributed by atoms with van der Waals surface area (Å²) in [5.41, 5.74) is 6.27. The van der Waals surface area contributed by atoms with E-state index >= 15 is 0 Å². The minimum Gasteiger partial charge on any atom is -0.481 e. The van der Waals surface area contributed by atoms with Crippen LogP contribution in [0.5, 0.6) is 11.8 Å². The molecule has 3 atom stereocenters. The Morgan fingerprint density at radius 3 is 1.27 bits per heavy atom. The van der Waals surface area contributed by atoms with E-state index in [1.54, 1.807) is 12.1 Å². The van der Waals surface area contributed by atoms with Gasteiger partial charge in [-0.2, -0.15) is 0 Å². The van der Waals surface area contributed by atoms with E-state index in [2.05, 4.69) is 65.4 Å². The molecule has 4 rings (SSSR count). The van der Waals surface area contributed by atoms with Gasteiger partial charge in [0.05, 0.1) is 49.9 Å². The fourth-order valence-electron chi connectivity index (χ4n) is 4.34. The number of thiophene rings is 2. The molecule has 2 N–H and O–H groups in total. The van der Waals surface area contributed by atoms with E-state index in [0.717, 1.165) is 22.0 Å². The molecule has 0 amide bonds. The smallest absolute Gasteiger partial charge is 0.222 e. The molecule has 0 bridgehead atoms. The maximum Gasteiger partial charge on any atom is 0.222 e. The molecule has 4 aromatic heterocycles. The van der Waals surface area contributed by atoms with E-state index in [-0.39, 0.29) is 240 Å². The van der Waals surface area contributed by atoms with Crippen molar-refractivity contribution in [3.8, 4) is 34.0 Å². The minimum absolute atomic E-state index is 0. The summed E-state index contributed by atoms with van der Waals surface area (Å²) < 4.78 is 10.7. The van der Waals surface area contributed by atoms with Crippen LogP contribution >= 0.6 is 50.4 Å². The van der Waals surface area contributed by atoms with Crippen molar-refractivity contribution < 1.29 is 246 Å². The van der Waals surface area contributed by atoms with E-state index in [1.165, 1.54) is 55.5 Å². The van der Waals surface area contributed by atoms with Gasteiger partial charge in [-0.15, -0.1) is 50.4 Å². The van der Waals surface area contributed by atoms with Gasteiger partial charge in [0, 0.05) is 257 Å². The first-order valence-corrected chi connectivity index (χ1v) is 15.2. The molecule has 6 nitrogen and oxygen atoms in total. The predicted octanol–water partition coefficient (Wildman–Crippen LogP) is 4.67. The number of aliphatic hydroxyl groups excluding tert-OH is 2. The standard InChI is InChI=1S/C15H19N2O4P.C12H16P2S2.6Ar/c1-8-4-9(6-18)16-14(20-2)12(8)13-11(22)5-10(7-19)17-15(13)21-3;1-5-9(11(13)7(3)15-5)10-6(2)16-8(4)12(10)14;;;;;;/h4-5,18-19H,6-7,22H2,1-3H3;13-14H2,1-4H3;;;;;;. The quantitative estimate of drug-likeness (QED) is 0.275. The SMILES string of the molecule is COc1nc(CO)cc(C)c1-c1c(P)cc(CO)nc1OC.Cc1sc(C)c(-c2c(C)sc(C)c2P)c1P.[Ar].[Ar].[Ar].[Ar].[Ar].[Ar]. The third-order valence-corrected chi connectivity index (χ3v) is 10.5. The number of rotatable bonds is 6. The molecule has 17 heteroatoms. The van der Waals surface area contributed by atoms with Crippen molar-refractivity contribution in [2.75, 3.05) is 14.2 Å². The zero-order valence-electron chi connectivity index (χ0n) is 24.8. The summed E-state index contributed by atoms with van der Waals surface area (Å²) in [6.45, 7) is 10.4. The molecule has 44 heavy (non-hydrogen) atoms. The van der Waals surface area contributed by atoms with Crippen molar-refractivity contribution in [2.45, 2.75) is 47.8 Å². The van der Waals surface area contributed by atoms with E-state index in [1.807, 2.05) is 29.6 Å².